The van der Waals surface area contributed by atoms with E-state index in [1.165, 1.54) is 0 Å². The zero-order valence-corrected chi connectivity index (χ0v) is 16.4. The highest BCUT2D eigenvalue weighted by molar-refractivity contribution is 5.75. The smallest absolute Gasteiger partial charge is 0.147 e. The fourth-order valence-electron chi connectivity index (χ4n) is 3.74. The highest BCUT2D eigenvalue weighted by Gasteiger charge is 2.20. The first-order chi connectivity index (χ1) is 14.3. The van der Waals surface area contributed by atoms with Crippen molar-refractivity contribution in [1.82, 2.24) is 19.9 Å². The van der Waals surface area contributed by atoms with Crippen molar-refractivity contribution in [2.75, 3.05) is 36.0 Å². The summed E-state index contributed by atoms with van der Waals surface area (Å²) in [5, 5.41) is 0. The van der Waals surface area contributed by atoms with Crippen LogP contribution in [0.15, 0.2) is 66.9 Å². The Labute approximate surface area is 169 Å². The van der Waals surface area contributed by atoms with Gasteiger partial charge in [0, 0.05) is 37.8 Å². The largest absolute Gasteiger partial charge is 0.353 e. The highest BCUT2D eigenvalue weighted by Crippen LogP contribution is 2.24. The Kier molecular flexibility index (Phi) is 4.52. The predicted molar refractivity (Wildman–Crippen MR) is 116 cm³/mol. The van der Waals surface area contributed by atoms with Crippen molar-refractivity contribution in [3.05, 3.63) is 72.7 Å². The molecule has 0 saturated carbocycles. The van der Waals surface area contributed by atoms with Gasteiger partial charge in [0.2, 0.25) is 0 Å². The normalized spacial score (nSPS) is 14.4. The number of rotatable bonds is 3. The van der Waals surface area contributed by atoms with Gasteiger partial charge in [-0.25, -0.2) is 15.0 Å². The van der Waals surface area contributed by atoms with Crippen LogP contribution in [0.3, 0.4) is 0 Å². The summed E-state index contributed by atoms with van der Waals surface area (Å²) < 4.78 is 0. The molecular formula is C23H22N6. The third kappa shape index (κ3) is 3.61. The first-order valence-electron chi connectivity index (χ1n) is 9.89. The molecule has 0 unspecified atom stereocenters. The monoisotopic (exact) mass is 382 g/mol. The molecule has 5 rings (SSSR count). The minimum Gasteiger partial charge on any atom is -0.353 e. The van der Waals surface area contributed by atoms with Crippen molar-refractivity contribution in [2.24, 2.45) is 0 Å². The number of nitrogens with zero attached hydrogens (tertiary/aromatic N) is 6. The number of anilines is 2. The minimum atomic E-state index is 0.796. The molecule has 1 saturated heterocycles. The molecule has 0 atom stereocenters. The molecule has 6 heteroatoms. The van der Waals surface area contributed by atoms with Gasteiger partial charge in [0.05, 0.1) is 22.9 Å². The van der Waals surface area contributed by atoms with Crippen LogP contribution in [0.1, 0.15) is 5.82 Å². The lowest BCUT2D eigenvalue weighted by molar-refractivity contribution is 0.640. The summed E-state index contributed by atoms with van der Waals surface area (Å²) in [6.45, 7) is 5.50. The molecular weight excluding hydrogens is 360 g/mol. The van der Waals surface area contributed by atoms with Crippen LogP contribution >= 0.6 is 0 Å². The van der Waals surface area contributed by atoms with Crippen LogP contribution in [-0.2, 0) is 0 Å². The van der Waals surface area contributed by atoms with Crippen LogP contribution in [0, 0.1) is 6.92 Å². The Morgan fingerprint density at radius 1 is 0.690 bits per heavy atom. The summed E-state index contributed by atoms with van der Waals surface area (Å²) in [4.78, 5) is 23.3. The molecule has 1 aliphatic heterocycles. The van der Waals surface area contributed by atoms with E-state index in [2.05, 4.69) is 38.0 Å². The van der Waals surface area contributed by atoms with E-state index in [1.54, 1.807) is 0 Å². The topological polar surface area (TPSA) is 58.0 Å². The van der Waals surface area contributed by atoms with Crippen LogP contribution in [-0.4, -0.2) is 46.1 Å². The molecule has 144 valence electrons. The lowest BCUT2D eigenvalue weighted by Gasteiger charge is -2.36. The number of hydrogen-bond donors (Lipinski definition) is 0. The van der Waals surface area contributed by atoms with Gasteiger partial charge in [-0.15, -0.1) is 0 Å². The molecule has 0 aliphatic carbocycles. The predicted octanol–water partition coefficient (Wildman–Crippen LogP) is 3.72. The third-order valence-electron chi connectivity index (χ3n) is 5.26. The lowest BCUT2D eigenvalue weighted by Crippen LogP contribution is -2.47. The first kappa shape index (κ1) is 17.6. The Morgan fingerprint density at radius 3 is 2.10 bits per heavy atom. The molecule has 1 aliphatic rings. The van der Waals surface area contributed by atoms with E-state index >= 15 is 0 Å². The summed E-state index contributed by atoms with van der Waals surface area (Å²) in [5.41, 5.74) is 3.95. The standard InChI is InChI=1S/C23H22N6/c1-17-25-21(18-7-3-2-4-8-18)15-22(26-17)28-11-13-29(14-12-28)23-16-24-19-9-5-6-10-20(19)27-23/h2-10,15-16H,11-14H2,1H3. The van der Waals surface area contributed by atoms with Gasteiger partial charge in [-0.3, -0.25) is 4.98 Å². The van der Waals surface area contributed by atoms with E-state index in [1.807, 2.05) is 55.6 Å². The molecule has 0 N–H and O–H groups in total. The molecule has 6 nitrogen and oxygen atoms in total. The SMILES string of the molecule is Cc1nc(-c2ccccc2)cc(N2CCN(c3cnc4ccccc4n3)CC2)n1. The Bertz CT molecular complexity index is 1140. The van der Waals surface area contributed by atoms with E-state index in [0.717, 1.165) is 65.9 Å². The van der Waals surface area contributed by atoms with Crippen molar-refractivity contribution in [3.8, 4) is 11.3 Å². The van der Waals surface area contributed by atoms with Crippen molar-refractivity contribution in [2.45, 2.75) is 6.92 Å². The maximum absolute atomic E-state index is 4.78. The van der Waals surface area contributed by atoms with Crippen LogP contribution in [0.5, 0.6) is 0 Å². The van der Waals surface area contributed by atoms with Gasteiger partial charge >= 0.3 is 0 Å². The zero-order chi connectivity index (χ0) is 19.6. The number of aryl methyl sites for hydroxylation is 1. The molecule has 0 amide bonds. The van der Waals surface area contributed by atoms with E-state index < -0.39 is 0 Å². The van der Waals surface area contributed by atoms with Crippen LogP contribution in [0.25, 0.3) is 22.3 Å². The molecule has 0 bridgehead atoms. The van der Waals surface area contributed by atoms with Crippen molar-refractivity contribution >= 4 is 22.7 Å². The Hall–Kier alpha value is -3.54. The van der Waals surface area contributed by atoms with Gasteiger partial charge < -0.3 is 9.80 Å². The van der Waals surface area contributed by atoms with Gasteiger partial charge in [0.15, 0.2) is 0 Å². The van der Waals surface area contributed by atoms with Crippen molar-refractivity contribution in [3.63, 3.8) is 0 Å². The fraction of sp³-hybridized carbons (Fsp3) is 0.217. The van der Waals surface area contributed by atoms with E-state index in [-0.39, 0.29) is 0 Å². The number of hydrogen-bond acceptors (Lipinski definition) is 6. The minimum absolute atomic E-state index is 0.796. The lowest BCUT2D eigenvalue weighted by atomic mass is 10.1. The summed E-state index contributed by atoms with van der Waals surface area (Å²) in [5.74, 6) is 2.72. The van der Waals surface area contributed by atoms with Crippen LogP contribution in [0.2, 0.25) is 0 Å². The third-order valence-corrected chi connectivity index (χ3v) is 5.26. The zero-order valence-electron chi connectivity index (χ0n) is 16.4. The second-order valence-electron chi connectivity index (χ2n) is 7.22. The summed E-state index contributed by atoms with van der Waals surface area (Å²) >= 11 is 0. The van der Waals surface area contributed by atoms with E-state index in [9.17, 15) is 0 Å². The van der Waals surface area contributed by atoms with Gasteiger partial charge in [-0.2, -0.15) is 0 Å². The number of fused-ring (bicyclic) bond motifs is 1. The summed E-state index contributed by atoms with van der Waals surface area (Å²) in [7, 11) is 0. The van der Waals surface area contributed by atoms with Gasteiger partial charge in [-0.1, -0.05) is 42.5 Å². The number of piperazine rings is 1. The quantitative estimate of drug-likeness (QED) is 0.538. The maximum atomic E-state index is 4.78. The van der Waals surface area contributed by atoms with E-state index in [4.69, 9.17) is 9.97 Å². The van der Waals surface area contributed by atoms with Crippen molar-refractivity contribution in [1.29, 1.82) is 0 Å². The number of benzene rings is 2. The molecule has 0 radical (unpaired) electrons. The van der Waals surface area contributed by atoms with Gasteiger partial charge in [0.1, 0.15) is 17.5 Å². The molecule has 2 aromatic carbocycles. The Balaban J connectivity index is 1.34. The number of aromatic nitrogens is 4. The van der Waals surface area contributed by atoms with E-state index in [0.29, 0.717) is 0 Å². The highest BCUT2D eigenvalue weighted by atomic mass is 15.3. The molecule has 0 spiro atoms. The molecule has 29 heavy (non-hydrogen) atoms. The first-order valence-corrected chi connectivity index (χ1v) is 9.89. The second kappa shape index (κ2) is 7.47. The molecule has 2 aromatic heterocycles. The summed E-state index contributed by atoms with van der Waals surface area (Å²) in [6.07, 6.45) is 1.88. The van der Waals surface area contributed by atoms with Crippen LogP contribution < -0.4 is 9.80 Å². The Morgan fingerprint density at radius 2 is 1.34 bits per heavy atom. The maximum Gasteiger partial charge on any atom is 0.147 e. The second-order valence-corrected chi connectivity index (χ2v) is 7.22. The van der Waals surface area contributed by atoms with Crippen molar-refractivity contribution < 1.29 is 0 Å². The average molecular weight is 382 g/mol. The molecule has 4 aromatic rings. The molecule has 3 heterocycles. The average Bonchev–Trinajstić information content (AvgIpc) is 2.79. The fourth-order valence-corrected chi connectivity index (χ4v) is 3.74. The van der Waals surface area contributed by atoms with Gasteiger partial charge in [-0.05, 0) is 19.1 Å². The van der Waals surface area contributed by atoms with Gasteiger partial charge in [0.25, 0.3) is 0 Å². The summed E-state index contributed by atoms with van der Waals surface area (Å²) in [6, 6.07) is 20.3. The van der Waals surface area contributed by atoms with Crippen LogP contribution in [0.4, 0.5) is 11.6 Å². The molecule has 1 fully saturated rings. The number of para-hydroxylation sites is 2.